The molecule has 5 atom stereocenters. The number of nitriles is 1. The fourth-order valence-corrected chi connectivity index (χ4v) is 4.30. The Morgan fingerprint density at radius 3 is 2.55 bits per heavy atom. The second kappa shape index (κ2) is 8.24. The monoisotopic (exact) mass is 493 g/mol. The van der Waals surface area contributed by atoms with Crippen LogP contribution in [0.4, 0.5) is 0 Å². The first-order chi connectivity index (χ1) is 14.6. The van der Waals surface area contributed by atoms with Gasteiger partial charge >= 0.3 is 0 Å². The molecule has 0 aliphatic carbocycles. The van der Waals surface area contributed by atoms with E-state index in [0.717, 1.165) is 0 Å². The van der Waals surface area contributed by atoms with Crippen LogP contribution in [0.25, 0.3) is 6.08 Å². The van der Waals surface area contributed by atoms with Crippen LogP contribution in [0.3, 0.4) is 0 Å². The number of fused-ring (bicyclic) bond motifs is 3. The molecule has 10 heteroatoms. The molecule has 3 aliphatic rings. The first-order valence-electron chi connectivity index (χ1n) is 9.96. The molecule has 1 aromatic heterocycles. The Labute approximate surface area is 188 Å². The first-order valence-corrected chi connectivity index (χ1v) is 10.8. The Balaban J connectivity index is 1.47. The van der Waals surface area contributed by atoms with Gasteiger partial charge in [0.1, 0.15) is 40.7 Å². The number of nitrogens with zero attached hydrogens (tertiary/aromatic N) is 2. The number of carbonyl (C=O) groups excluding carboxylic acids is 1. The van der Waals surface area contributed by atoms with Gasteiger partial charge in [0.05, 0.1) is 5.69 Å². The van der Waals surface area contributed by atoms with E-state index in [0.29, 0.717) is 10.3 Å². The van der Waals surface area contributed by atoms with E-state index in [-0.39, 0.29) is 12.1 Å². The van der Waals surface area contributed by atoms with Gasteiger partial charge in [0.2, 0.25) is 0 Å². The lowest BCUT2D eigenvalue weighted by molar-refractivity contribution is -0.232. The van der Waals surface area contributed by atoms with Crippen molar-refractivity contribution >= 4 is 27.9 Å². The zero-order valence-corrected chi connectivity index (χ0v) is 19.2. The lowest BCUT2D eigenvalue weighted by atomic mass is 9.99. The van der Waals surface area contributed by atoms with Gasteiger partial charge in [-0.3, -0.25) is 4.79 Å². The highest BCUT2D eigenvalue weighted by atomic mass is 79.9. The number of hydrogen-bond donors (Lipinski definition) is 1. The van der Waals surface area contributed by atoms with Crippen molar-refractivity contribution < 1.29 is 28.5 Å². The Morgan fingerprint density at radius 2 is 1.84 bits per heavy atom. The fraction of sp³-hybridized carbons (Fsp3) is 0.571. The molecule has 0 bridgehead atoms. The molecular weight excluding hydrogens is 470 g/mol. The van der Waals surface area contributed by atoms with Gasteiger partial charge in [-0.2, -0.15) is 5.26 Å². The molecule has 4 rings (SSSR count). The minimum absolute atomic E-state index is 0.0682. The molecule has 1 aromatic rings. The zero-order valence-electron chi connectivity index (χ0n) is 17.6. The van der Waals surface area contributed by atoms with E-state index in [9.17, 15) is 10.1 Å². The topological polar surface area (TPSA) is 112 Å². The summed E-state index contributed by atoms with van der Waals surface area (Å²) in [7, 11) is 0. The van der Waals surface area contributed by atoms with E-state index in [1.54, 1.807) is 32.0 Å². The maximum atomic E-state index is 12.6. The van der Waals surface area contributed by atoms with Crippen molar-refractivity contribution in [3.63, 3.8) is 0 Å². The van der Waals surface area contributed by atoms with Crippen molar-refractivity contribution in [3.8, 4) is 6.07 Å². The molecule has 0 saturated carbocycles. The van der Waals surface area contributed by atoms with Gasteiger partial charge in [0.15, 0.2) is 17.9 Å². The molecule has 3 fully saturated rings. The van der Waals surface area contributed by atoms with E-state index in [1.165, 1.54) is 6.08 Å². The van der Waals surface area contributed by atoms with Crippen molar-refractivity contribution in [2.75, 3.05) is 6.54 Å². The van der Waals surface area contributed by atoms with E-state index >= 15 is 0 Å². The fourth-order valence-electron chi connectivity index (χ4n) is 3.95. The molecule has 31 heavy (non-hydrogen) atoms. The van der Waals surface area contributed by atoms with E-state index < -0.39 is 48.2 Å². The number of aromatic nitrogens is 1. The Hall–Kier alpha value is -1.87. The van der Waals surface area contributed by atoms with Crippen LogP contribution < -0.4 is 5.32 Å². The maximum Gasteiger partial charge on any atom is 0.262 e. The van der Waals surface area contributed by atoms with Crippen molar-refractivity contribution in [2.24, 2.45) is 0 Å². The van der Waals surface area contributed by atoms with Crippen molar-refractivity contribution in [2.45, 2.75) is 70.0 Å². The standard InChI is InChI=1S/C21H24BrN3O6/c1-20(2)28-15-13(27-19-17(16(15)29-20)30-21(3,4)31-19)10-24-18(26)11(9-23)8-12-6-5-7-14(22)25-12/h5-8,13,15-17,19H,10H2,1-4H3,(H,24,26)/b11-8+/t13-,15+,16+,17-,19-/m1/s1. The van der Waals surface area contributed by atoms with Gasteiger partial charge in [0.25, 0.3) is 5.91 Å². The molecule has 166 valence electrons. The van der Waals surface area contributed by atoms with E-state index in [2.05, 4.69) is 26.2 Å². The number of ether oxygens (including phenoxy) is 5. The minimum Gasteiger partial charge on any atom is -0.349 e. The molecule has 1 N–H and O–H groups in total. The smallest absolute Gasteiger partial charge is 0.262 e. The molecule has 1 amide bonds. The number of carbonyl (C=O) groups is 1. The van der Waals surface area contributed by atoms with Crippen molar-refractivity contribution in [1.29, 1.82) is 5.26 Å². The van der Waals surface area contributed by atoms with Gasteiger partial charge in [-0.15, -0.1) is 0 Å². The Bertz CT molecular complexity index is 943. The normalized spacial score (nSPS) is 33.3. The highest BCUT2D eigenvalue weighted by molar-refractivity contribution is 9.10. The van der Waals surface area contributed by atoms with Gasteiger partial charge in [-0.1, -0.05) is 6.07 Å². The Kier molecular flexibility index (Phi) is 5.93. The lowest BCUT2D eigenvalue weighted by Crippen LogP contribution is -2.57. The van der Waals surface area contributed by atoms with Crippen LogP contribution in [0, 0.1) is 11.3 Å². The number of pyridine rings is 1. The van der Waals surface area contributed by atoms with Gasteiger partial charge in [-0.25, -0.2) is 4.98 Å². The number of rotatable bonds is 4. The SMILES string of the molecule is CC1(C)O[C@H]2[C@@H](O1)[C@@H](CNC(=O)/C(C#N)=C/c1cccc(Br)n1)O[C@@H]1OC(C)(C)O[C@@H]12. The minimum atomic E-state index is -0.823. The highest BCUT2D eigenvalue weighted by Crippen LogP contribution is 2.43. The number of nitrogens with one attached hydrogen (secondary N) is 1. The summed E-state index contributed by atoms with van der Waals surface area (Å²) in [6, 6.07) is 7.15. The van der Waals surface area contributed by atoms with E-state index in [4.69, 9.17) is 23.7 Å². The summed E-state index contributed by atoms with van der Waals surface area (Å²) in [5, 5.41) is 12.2. The first kappa shape index (κ1) is 22.3. The predicted molar refractivity (Wildman–Crippen MR) is 111 cm³/mol. The second-order valence-electron chi connectivity index (χ2n) is 8.47. The molecule has 0 radical (unpaired) electrons. The largest absolute Gasteiger partial charge is 0.349 e. The highest BCUT2D eigenvalue weighted by Gasteiger charge is 2.60. The van der Waals surface area contributed by atoms with Crippen LogP contribution in [-0.2, 0) is 28.5 Å². The summed E-state index contributed by atoms with van der Waals surface area (Å²) < 4.78 is 30.6. The third kappa shape index (κ3) is 4.82. The average molecular weight is 494 g/mol. The Morgan fingerprint density at radius 1 is 1.16 bits per heavy atom. The molecule has 0 spiro atoms. The van der Waals surface area contributed by atoms with Crippen LogP contribution in [0.15, 0.2) is 28.4 Å². The number of halogens is 1. The summed E-state index contributed by atoms with van der Waals surface area (Å²) in [4.78, 5) is 16.9. The summed E-state index contributed by atoms with van der Waals surface area (Å²) in [6.07, 6.45) is -1.07. The number of hydrogen-bond acceptors (Lipinski definition) is 8. The summed E-state index contributed by atoms with van der Waals surface area (Å²) in [5.41, 5.74) is 0.423. The van der Waals surface area contributed by atoms with Crippen molar-refractivity contribution in [1.82, 2.24) is 10.3 Å². The summed E-state index contributed by atoms with van der Waals surface area (Å²) >= 11 is 3.27. The van der Waals surface area contributed by atoms with E-state index in [1.807, 2.05) is 19.9 Å². The van der Waals surface area contributed by atoms with Crippen molar-refractivity contribution in [3.05, 3.63) is 34.1 Å². The van der Waals surface area contributed by atoms with Crippen LogP contribution >= 0.6 is 15.9 Å². The molecule has 3 aliphatic heterocycles. The molecule has 4 heterocycles. The summed E-state index contributed by atoms with van der Waals surface area (Å²) in [6.45, 7) is 7.36. The van der Waals surface area contributed by atoms with Gasteiger partial charge in [-0.05, 0) is 61.8 Å². The summed E-state index contributed by atoms with van der Waals surface area (Å²) in [5.74, 6) is -2.17. The molecule has 3 saturated heterocycles. The average Bonchev–Trinajstić information content (AvgIpc) is 3.18. The molecular formula is C21H24BrN3O6. The third-order valence-corrected chi connectivity index (χ3v) is 5.55. The quantitative estimate of drug-likeness (QED) is 0.386. The maximum absolute atomic E-state index is 12.6. The van der Waals surface area contributed by atoms with Gasteiger partial charge < -0.3 is 29.0 Å². The van der Waals surface area contributed by atoms with Crippen LogP contribution in [0.2, 0.25) is 0 Å². The van der Waals surface area contributed by atoms with Gasteiger partial charge in [0, 0.05) is 6.54 Å². The molecule has 0 unspecified atom stereocenters. The number of amides is 1. The zero-order chi connectivity index (χ0) is 22.4. The second-order valence-corrected chi connectivity index (χ2v) is 9.29. The van der Waals surface area contributed by atoms with Crippen LogP contribution in [0.5, 0.6) is 0 Å². The lowest BCUT2D eigenvalue weighted by Gasteiger charge is -2.37. The molecule has 0 aromatic carbocycles. The third-order valence-electron chi connectivity index (χ3n) is 5.11. The predicted octanol–water partition coefficient (Wildman–Crippen LogP) is 2.26. The van der Waals surface area contributed by atoms with Crippen LogP contribution in [0.1, 0.15) is 33.4 Å². The molecule has 9 nitrogen and oxygen atoms in total. The van der Waals surface area contributed by atoms with Crippen LogP contribution in [-0.4, -0.2) is 59.7 Å².